The Morgan fingerprint density at radius 3 is 3.12 bits per heavy atom. The molecule has 0 saturated heterocycles. The molecule has 8 heteroatoms. The van der Waals surface area contributed by atoms with Crippen LogP contribution in [0.4, 0.5) is 5.13 Å². The van der Waals surface area contributed by atoms with Crippen molar-refractivity contribution >= 4 is 28.2 Å². The zero-order valence-electron chi connectivity index (χ0n) is 9.06. The Morgan fingerprint density at radius 2 is 2.47 bits per heavy atom. The lowest BCUT2D eigenvalue weighted by molar-refractivity contribution is 0.905. The highest BCUT2D eigenvalue weighted by atomic mass is 32.2. The molecule has 4 N–H and O–H groups in total. The van der Waals surface area contributed by atoms with Gasteiger partial charge in [0.1, 0.15) is 0 Å². The monoisotopic (exact) mass is 269 g/mol. The number of anilines is 1. The number of thiazole rings is 1. The number of aryl methyl sites for hydroxylation is 1. The molecule has 0 spiro atoms. The number of hydrogen-bond donors (Lipinski definition) is 3. The molecule has 0 unspecified atom stereocenters. The maximum Gasteiger partial charge on any atom is 0.251 e. The number of thioether (sulfide) groups is 1. The summed E-state index contributed by atoms with van der Waals surface area (Å²) in [4.78, 5) is 23.3. The third-order valence-electron chi connectivity index (χ3n) is 1.88. The summed E-state index contributed by atoms with van der Waals surface area (Å²) in [6, 6.07) is 1.47. The van der Waals surface area contributed by atoms with Gasteiger partial charge in [-0.1, -0.05) is 11.8 Å². The molecule has 0 atom stereocenters. The Balaban J connectivity index is 2.04. The number of H-pyrrole nitrogens is 1. The molecular formula is C9H11N5OS2. The van der Waals surface area contributed by atoms with Gasteiger partial charge < -0.3 is 4.98 Å². The predicted molar refractivity (Wildman–Crippen MR) is 69.1 cm³/mol. The van der Waals surface area contributed by atoms with Gasteiger partial charge in [-0.05, 0) is 6.92 Å². The van der Waals surface area contributed by atoms with Gasteiger partial charge in [0, 0.05) is 28.6 Å². The summed E-state index contributed by atoms with van der Waals surface area (Å²) in [6.07, 6.45) is 1.75. The Bertz CT molecular complexity index is 565. The van der Waals surface area contributed by atoms with Crippen molar-refractivity contribution in [2.45, 2.75) is 17.8 Å². The molecule has 2 aromatic heterocycles. The Hall–Kier alpha value is -1.38. The van der Waals surface area contributed by atoms with Crippen LogP contribution in [0.1, 0.15) is 10.6 Å². The van der Waals surface area contributed by atoms with Crippen LogP contribution in [0.5, 0.6) is 0 Å². The van der Waals surface area contributed by atoms with Crippen molar-refractivity contribution in [1.29, 1.82) is 0 Å². The summed E-state index contributed by atoms with van der Waals surface area (Å²) >= 11 is 2.93. The lowest BCUT2D eigenvalue weighted by atomic mass is 10.5. The van der Waals surface area contributed by atoms with E-state index in [1.54, 1.807) is 13.1 Å². The summed E-state index contributed by atoms with van der Waals surface area (Å²) in [5.41, 5.74) is 3.07. The van der Waals surface area contributed by atoms with E-state index in [0.29, 0.717) is 21.7 Å². The summed E-state index contributed by atoms with van der Waals surface area (Å²) in [5.74, 6) is 5.94. The lowest BCUT2D eigenvalue weighted by Gasteiger charge is -1.99. The minimum atomic E-state index is -0.131. The molecule has 90 valence electrons. The average molecular weight is 269 g/mol. The van der Waals surface area contributed by atoms with Crippen LogP contribution >= 0.6 is 23.1 Å². The van der Waals surface area contributed by atoms with Gasteiger partial charge in [-0.25, -0.2) is 15.8 Å². The van der Waals surface area contributed by atoms with E-state index in [1.165, 1.54) is 29.2 Å². The second kappa shape index (κ2) is 5.30. The number of nitrogens with two attached hydrogens (primary N) is 1. The van der Waals surface area contributed by atoms with Crippen LogP contribution < -0.4 is 16.8 Å². The van der Waals surface area contributed by atoms with E-state index < -0.39 is 0 Å². The van der Waals surface area contributed by atoms with Crippen molar-refractivity contribution in [2.24, 2.45) is 5.84 Å². The molecule has 0 radical (unpaired) electrons. The van der Waals surface area contributed by atoms with E-state index in [4.69, 9.17) is 5.84 Å². The highest BCUT2D eigenvalue weighted by molar-refractivity contribution is 7.98. The molecule has 2 aromatic rings. The largest absolute Gasteiger partial charge is 0.301 e. The number of nitrogens with zero attached hydrogens (tertiary/aromatic N) is 2. The van der Waals surface area contributed by atoms with Gasteiger partial charge in [0.25, 0.3) is 5.56 Å². The molecule has 0 bridgehead atoms. The fourth-order valence-electron chi connectivity index (χ4n) is 1.20. The van der Waals surface area contributed by atoms with E-state index in [0.717, 1.165) is 4.88 Å². The normalized spacial score (nSPS) is 10.5. The fraction of sp³-hybridized carbons (Fsp3) is 0.222. The number of nitrogen functional groups attached to an aromatic ring is 1. The van der Waals surface area contributed by atoms with Gasteiger partial charge in [0.05, 0.1) is 0 Å². The molecule has 0 amide bonds. The highest BCUT2D eigenvalue weighted by Gasteiger charge is 2.03. The van der Waals surface area contributed by atoms with Crippen molar-refractivity contribution < 1.29 is 0 Å². The molecule has 0 saturated carbocycles. The predicted octanol–water partition coefficient (Wildman–Crippen LogP) is 1.11. The SMILES string of the molecule is Cc1cc(=O)[nH]c(SCc2cnc(NN)s2)n1. The zero-order valence-corrected chi connectivity index (χ0v) is 10.7. The number of rotatable bonds is 4. The standard InChI is InChI=1S/C9H11N5OS2/c1-5-2-7(15)13-9(12-5)16-4-6-3-11-8(14-10)17-6/h2-3H,4,10H2,1H3,(H,11,14)(H,12,13,15). The molecule has 0 aliphatic carbocycles. The van der Waals surface area contributed by atoms with Gasteiger partial charge in [-0.2, -0.15) is 0 Å². The average Bonchev–Trinajstić information content (AvgIpc) is 2.73. The Labute approximate surface area is 106 Å². The summed E-state index contributed by atoms with van der Waals surface area (Å²) in [6.45, 7) is 1.79. The third kappa shape index (κ3) is 3.29. The maximum absolute atomic E-state index is 11.2. The van der Waals surface area contributed by atoms with Gasteiger partial charge in [0.2, 0.25) is 0 Å². The molecule has 17 heavy (non-hydrogen) atoms. The van der Waals surface area contributed by atoms with Crippen LogP contribution in [-0.4, -0.2) is 15.0 Å². The van der Waals surface area contributed by atoms with Gasteiger partial charge in [0.15, 0.2) is 10.3 Å². The summed E-state index contributed by atoms with van der Waals surface area (Å²) in [7, 11) is 0. The fourth-order valence-corrected chi connectivity index (χ4v) is 2.87. The number of hydrazine groups is 1. The summed E-state index contributed by atoms with van der Waals surface area (Å²) in [5, 5.41) is 1.29. The van der Waals surface area contributed by atoms with E-state index in [-0.39, 0.29) is 5.56 Å². The van der Waals surface area contributed by atoms with Crippen LogP contribution in [-0.2, 0) is 5.75 Å². The second-order valence-electron chi connectivity index (χ2n) is 3.26. The number of aromatic amines is 1. The Morgan fingerprint density at radius 1 is 1.65 bits per heavy atom. The first-order valence-corrected chi connectivity index (χ1v) is 6.59. The summed E-state index contributed by atoms with van der Waals surface area (Å²) < 4.78 is 0. The van der Waals surface area contributed by atoms with E-state index in [2.05, 4.69) is 20.4 Å². The molecule has 0 aliphatic heterocycles. The van der Waals surface area contributed by atoms with Crippen LogP contribution in [0.3, 0.4) is 0 Å². The quantitative estimate of drug-likeness (QED) is 0.333. The van der Waals surface area contributed by atoms with Crippen LogP contribution in [0, 0.1) is 6.92 Å². The minimum absolute atomic E-state index is 0.131. The van der Waals surface area contributed by atoms with Crippen molar-refractivity contribution in [3.63, 3.8) is 0 Å². The maximum atomic E-state index is 11.2. The first kappa shape index (κ1) is 12.1. The third-order valence-corrected chi connectivity index (χ3v) is 3.91. The van der Waals surface area contributed by atoms with Crippen LogP contribution in [0.15, 0.2) is 22.2 Å². The molecular weight excluding hydrogens is 258 g/mol. The topological polar surface area (TPSA) is 96.7 Å². The minimum Gasteiger partial charge on any atom is -0.301 e. The highest BCUT2D eigenvalue weighted by Crippen LogP contribution is 2.24. The first-order valence-electron chi connectivity index (χ1n) is 4.79. The Kier molecular flexibility index (Phi) is 3.77. The van der Waals surface area contributed by atoms with Gasteiger partial charge in [-0.3, -0.25) is 10.2 Å². The number of hydrogen-bond acceptors (Lipinski definition) is 7. The number of nitrogens with one attached hydrogen (secondary N) is 2. The van der Waals surface area contributed by atoms with Crippen molar-refractivity contribution in [1.82, 2.24) is 15.0 Å². The van der Waals surface area contributed by atoms with E-state index in [9.17, 15) is 4.79 Å². The first-order chi connectivity index (χ1) is 8.17. The van der Waals surface area contributed by atoms with Crippen LogP contribution in [0.2, 0.25) is 0 Å². The molecule has 0 aliphatic rings. The molecule has 6 nitrogen and oxygen atoms in total. The molecule has 2 rings (SSSR count). The van der Waals surface area contributed by atoms with Crippen LogP contribution in [0.25, 0.3) is 0 Å². The molecule has 2 heterocycles. The molecule has 0 aromatic carbocycles. The zero-order chi connectivity index (χ0) is 12.3. The second-order valence-corrected chi connectivity index (χ2v) is 5.34. The van der Waals surface area contributed by atoms with Crippen molar-refractivity contribution in [3.8, 4) is 0 Å². The van der Waals surface area contributed by atoms with Crippen molar-refractivity contribution in [2.75, 3.05) is 5.43 Å². The number of aromatic nitrogens is 3. The van der Waals surface area contributed by atoms with Crippen molar-refractivity contribution in [3.05, 3.63) is 33.2 Å². The van der Waals surface area contributed by atoms with Gasteiger partial charge in [-0.15, -0.1) is 11.3 Å². The van der Waals surface area contributed by atoms with Gasteiger partial charge >= 0.3 is 0 Å². The lowest BCUT2D eigenvalue weighted by Crippen LogP contribution is -2.07. The molecule has 0 fully saturated rings. The van der Waals surface area contributed by atoms with E-state index in [1.807, 2.05) is 0 Å². The van der Waals surface area contributed by atoms with E-state index >= 15 is 0 Å². The smallest absolute Gasteiger partial charge is 0.251 e.